The van der Waals surface area contributed by atoms with Gasteiger partial charge in [0.1, 0.15) is 0 Å². The molecular formula is C7H15NS. The summed E-state index contributed by atoms with van der Waals surface area (Å²) in [5.41, 5.74) is 5.45. The number of hydrogen-bond acceptors (Lipinski definition) is 2. The minimum atomic E-state index is 0.880. The van der Waals surface area contributed by atoms with Crippen molar-refractivity contribution in [1.29, 1.82) is 0 Å². The van der Waals surface area contributed by atoms with Crippen LogP contribution >= 0.6 is 11.8 Å². The zero-order valence-electron chi connectivity index (χ0n) is 5.81. The molecule has 0 bridgehead atoms. The molecule has 0 saturated carbocycles. The average molecular weight is 145 g/mol. The highest BCUT2D eigenvalue weighted by Gasteiger charge is 2.11. The normalized spacial score (nSPS) is 28.3. The van der Waals surface area contributed by atoms with E-state index in [1.807, 2.05) is 0 Å². The van der Waals surface area contributed by atoms with Gasteiger partial charge in [0.25, 0.3) is 0 Å². The van der Waals surface area contributed by atoms with Crippen molar-refractivity contribution < 1.29 is 0 Å². The molecule has 2 heteroatoms. The molecular weight excluding hydrogens is 130 g/mol. The molecule has 1 aliphatic heterocycles. The predicted octanol–water partition coefficient (Wildman–Crippen LogP) is 1.48. The van der Waals surface area contributed by atoms with Gasteiger partial charge in [-0.1, -0.05) is 0 Å². The summed E-state index contributed by atoms with van der Waals surface area (Å²) in [6, 6.07) is 0. The number of rotatable bonds is 2. The Balaban J connectivity index is 2.08. The molecule has 1 saturated heterocycles. The van der Waals surface area contributed by atoms with Crippen LogP contribution in [-0.2, 0) is 0 Å². The third-order valence-corrected chi connectivity index (χ3v) is 3.11. The first kappa shape index (κ1) is 7.42. The fourth-order valence-electron chi connectivity index (χ4n) is 1.27. The second-order valence-electron chi connectivity index (χ2n) is 2.66. The SMILES string of the molecule is NCCC1CCCSC1. The maximum Gasteiger partial charge on any atom is -0.00387 e. The van der Waals surface area contributed by atoms with Crippen molar-refractivity contribution in [2.45, 2.75) is 19.3 Å². The Kier molecular flexibility index (Phi) is 3.44. The van der Waals surface area contributed by atoms with Gasteiger partial charge in [-0.3, -0.25) is 0 Å². The minimum absolute atomic E-state index is 0.880. The van der Waals surface area contributed by atoms with Gasteiger partial charge in [-0.25, -0.2) is 0 Å². The van der Waals surface area contributed by atoms with E-state index in [1.54, 1.807) is 0 Å². The van der Waals surface area contributed by atoms with Crippen LogP contribution < -0.4 is 5.73 Å². The molecule has 0 aromatic heterocycles. The van der Waals surface area contributed by atoms with Gasteiger partial charge in [-0.15, -0.1) is 0 Å². The van der Waals surface area contributed by atoms with Crippen molar-refractivity contribution in [2.75, 3.05) is 18.1 Å². The molecule has 0 aliphatic carbocycles. The largest absolute Gasteiger partial charge is 0.330 e. The molecule has 0 aromatic rings. The summed E-state index contributed by atoms with van der Waals surface area (Å²) in [5.74, 6) is 3.67. The van der Waals surface area contributed by atoms with Gasteiger partial charge < -0.3 is 5.73 Å². The van der Waals surface area contributed by atoms with Crippen molar-refractivity contribution in [3.63, 3.8) is 0 Å². The van der Waals surface area contributed by atoms with Gasteiger partial charge in [0.15, 0.2) is 0 Å². The van der Waals surface area contributed by atoms with E-state index in [0.717, 1.165) is 12.5 Å². The third kappa shape index (κ3) is 2.59. The van der Waals surface area contributed by atoms with E-state index in [4.69, 9.17) is 5.73 Å². The molecule has 1 aliphatic rings. The van der Waals surface area contributed by atoms with E-state index < -0.39 is 0 Å². The summed E-state index contributed by atoms with van der Waals surface area (Å²) >= 11 is 2.09. The Morgan fingerprint density at radius 2 is 2.44 bits per heavy atom. The van der Waals surface area contributed by atoms with E-state index in [0.29, 0.717) is 0 Å². The highest BCUT2D eigenvalue weighted by atomic mass is 32.2. The van der Waals surface area contributed by atoms with Crippen molar-refractivity contribution in [1.82, 2.24) is 0 Å². The van der Waals surface area contributed by atoms with E-state index in [2.05, 4.69) is 11.8 Å². The topological polar surface area (TPSA) is 26.0 Å². The number of thioether (sulfide) groups is 1. The van der Waals surface area contributed by atoms with Crippen LogP contribution in [0.5, 0.6) is 0 Å². The second-order valence-corrected chi connectivity index (χ2v) is 3.81. The highest BCUT2D eigenvalue weighted by Crippen LogP contribution is 2.24. The lowest BCUT2D eigenvalue weighted by molar-refractivity contribution is 0.492. The number of nitrogens with two attached hydrogens (primary N) is 1. The molecule has 1 nitrogen and oxygen atoms in total. The zero-order chi connectivity index (χ0) is 6.53. The summed E-state index contributed by atoms with van der Waals surface area (Å²) in [4.78, 5) is 0. The van der Waals surface area contributed by atoms with Crippen LogP contribution in [0.15, 0.2) is 0 Å². The van der Waals surface area contributed by atoms with Crippen LogP contribution in [0, 0.1) is 5.92 Å². The Hall–Kier alpha value is 0.310. The fraction of sp³-hybridized carbons (Fsp3) is 1.00. The monoisotopic (exact) mass is 145 g/mol. The first-order valence-corrected chi connectivity index (χ1v) is 4.87. The molecule has 1 heterocycles. The van der Waals surface area contributed by atoms with E-state index in [-0.39, 0.29) is 0 Å². The standard InChI is InChI=1S/C7H15NS/c8-4-3-7-2-1-5-9-6-7/h7H,1-6,8H2. The van der Waals surface area contributed by atoms with Gasteiger partial charge >= 0.3 is 0 Å². The molecule has 1 atom stereocenters. The van der Waals surface area contributed by atoms with Gasteiger partial charge in [-0.05, 0) is 43.2 Å². The lowest BCUT2D eigenvalue weighted by Crippen LogP contribution is -2.14. The van der Waals surface area contributed by atoms with Crippen molar-refractivity contribution in [3.05, 3.63) is 0 Å². The van der Waals surface area contributed by atoms with E-state index >= 15 is 0 Å². The quantitative estimate of drug-likeness (QED) is 0.637. The molecule has 0 aromatic carbocycles. The maximum absolute atomic E-state index is 5.45. The summed E-state index contributed by atoms with van der Waals surface area (Å²) < 4.78 is 0. The molecule has 9 heavy (non-hydrogen) atoms. The molecule has 0 amide bonds. The van der Waals surface area contributed by atoms with Gasteiger partial charge in [-0.2, -0.15) is 11.8 Å². The molecule has 0 radical (unpaired) electrons. The van der Waals surface area contributed by atoms with E-state index in [1.165, 1.54) is 30.8 Å². The van der Waals surface area contributed by atoms with Crippen LogP contribution in [-0.4, -0.2) is 18.1 Å². The van der Waals surface area contributed by atoms with Crippen LogP contribution in [0.4, 0.5) is 0 Å². The van der Waals surface area contributed by atoms with Gasteiger partial charge in [0.2, 0.25) is 0 Å². The first-order chi connectivity index (χ1) is 4.43. The van der Waals surface area contributed by atoms with E-state index in [9.17, 15) is 0 Å². The third-order valence-electron chi connectivity index (χ3n) is 1.83. The maximum atomic E-state index is 5.45. The van der Waals surface area contributed by atoms with Crippen molar-refractivity contribution >= 4 is 11.8 Å². The summed E-state index contributed by atoms with van der Waals surface area (Å²) in [7, 11) is 0. The van der Waals surface area contributed by atoms with Crippen LogP contribution in [0.2, 0.25) is 0 Å². The van der Waals surface area contributed by atoms with Crippen LogP contribution in [0.3, 0.4) is 0 Å². The van der Waals surface area contributed by atoms with Crippen molar-refractivity contribution in [2.24, 2.45) is 11.7 Å². The fourth-order valence-corrected chi connectivity index (χ4v) is 2.47. The summed E-state index contributed by atoms with van der Waals surface area (Å²) in [5, 5.41) is 0. The second kappa shape index (κ2) is 4.18. The molecule has 1 rings (SSSR count). The lowest BCUT2D eigenvalue weighted by atomic mass is 10.0. The Labute approximate surface area is 61.4 Å². The van der Waals surface area contributed by atoms with Gasteiger partial charge in [0, 0.05) is 0 Å². The smallest absolute Gasteiger partial charge is 0.00387 e. The minimum Gasteiger partial charge on any atom is -0.330 e. The Morgan fingerprint density at radius 1 is 1.56 bits per heavy atom. The number of hydrogen-bond donors (Lipinski definition) is 1. The molecule has 1 fully saturated rings. The summed E-state index contributed by atoms with van der Waals surface area (Å²) in [6.45, 7) is 0.880. The lowest BCUT2D eigenvalue weighted by Gasteiger charge is -2.19. The first-order valence-electron chi connectivity index (χ1n) is 3.71. The molecule has 0 spiro atoms. The zero-order valence-corrected chi connectivity index (χ0v) is 6.62. The molecule has 54 valence electrons. The summed E-state index contributed by atoms with van der Waals surface area (Å²) in [6.07, 6.45) is 4.08. The molecule has 1 unspecified atom stereocenters. The molecule has 2 N–H and O–H groups in total. The predicted molar refractivity (Wildman–Crippen MR) is 43.7 cm³/mol. The Morgan fingerprint density at radius 3 is 3.00 bits per heavy atom. The van der Waals surface area contributed by atoms with Crippen LogP contribution in [0.25, 0.3) is 0 Å². The average Bonchev–Trinajstić information content (AvgIpc) is 1.91. The van der Waals surface area contributed by atoms with Crippen LogP contribution in [0.1, 0.15) is 19.3 Å². The highest BCUT2D eigenvalue weighted by molar-refractivity contribution is 7.99. The van der Waals surface area contributed by atoms with Crippen molar-refractivity contribution in [3.8, 4) is 0 Å². The van der Waals surface area contributed by atoms with Gasteiger partial charge in [0.05, 0.1) is 0 Å². The Bertz CT molecular complexity index is 66.6.